The van der Waals surface area contributed by atoms with E-state index in [4.69, 9.17) is 0 Å². The maximum atomic E-state index is 12.3. The third kappa shape index (κ3) is 3.75. The first-order valence-electron chi connectivity index (χ1n) is 8.57. The maximum Gasteiger partial charge on any atom is 0.312 e. The topological polar surface area (TPSA) is 69.7 Å². The molecular formula is C18H23N3O3. The Morgan fingerprint density at radius 3 is 2.62 bits per heavy atom. The summed E-state index contributed by atoms with van der Waals surface area (Å²) in [5.74, 6) is -0.840. The Kier molecular flexibility index (Phi) is 5.13. The van der Waals surface area contributed by atoms with Crippen LogP contribution in [0.15, 0.2) is 24.3 Å². The Labute approximate surface area is 141 Å². The Morgan fingerprint density at radius 2 is 1.88 bits per heavy atom. The van der Waals surface area contributed by atoms with Gasteiger partial charge in [-0.15, -0.1) is 0 Å². The van der Waals surface area contributed by atoms with Crippen molar-refractivity contribution in [2.45, 2.75) is 32.2 Å². The smallest absolute Gasteiger partial charge is 0.312 e. The van der Waals surface area contributed by atoms with E-state index >= 15 is 0 Å². The molecule has 0 spiro atoms. The normalized spacial score (nSPS) is 16.9. The highest BCUT2D eigenvalue weighted by atomic mass is 16.2. The van der Waals surface area contributed by atoms with Crippen molar-refractivity contribution in [1.82, 2.24) is 15.1 Å². The number of nitrogens with zero attached hydrogens (tertiary/aromatic N) is 2. The van der Waals surface area contributed by atoms with Crippen molar-refractivity contribution in [1.29, 1.82) is 0 Å². The molecule has 0 bridgehead atoms. The van der Waals surface area contributed by atoms with Gasteiger partial charge in [-0.2, -0.15) is 0 Å². The number of rotatable bonds is 4. The monoisotopic (exact) mass is 329 g/mol. The lowest BCUT2D eigenvalue weighted by Gasteiger charge is -2.28. The predicted molar refractivity (Wildman–Crippen MR) is 89.0 cm³/mol. The molecule has 6 heteroatoms. The van der Waals surface area contributed by atoms with Crippen LogP contribution >= 0.6 is 0 Å². The summed E-state index contributed by atoms with van der Waals surface area (Å²) in [6.07, 6.45) is 3.00. The first-order chi connectivity index (χ1) is 11.6. The summed E-state index contributed by atoms with van der Waals surface area (Å²) in [5, 5.41) is 2.67. The zero-order chi connectivity index (χ0) is 16.9. The van der Waals surface area contributed by atoms with Gasteiger partial charge < -0.3 is 15.1 Å². The van der Waals surface area contributed by atoms with E-state index in [2.05, 4.69) is 11.4 Å². The zero-order valence-corrected chi connectivity index (χ0v) is 13.8. The highest BCUT2D eigenvalue weighted by Gasteiger charge is 2.25. The van der Waals surface area contributed by atoms with E-state index in [1.165, 1.54) is 5.56 Å². The molecule has 2 aliphatic heterocycles. The van der Waals surface area contributed by atoms with Crippen LogP contribution in [0.3, 0.4) is 0 Å². The molecule has 1 saturated heterocycles. The first kappa shape index (κ1) is 16.5. The number of fused-ring (bicyclic) bond motifs is 1. The van der Waals surface area contributed by atoms with Crippen molar-refractivity contribution in [2.75, 3.05) is 26.2 Å². The molecule has 0 aliphatic carbocycles. The molecule has 2 aliphatic rings. The minimum absolute atomic E-state index is 0.185. The predicted octanol–water partition coefficient (Wildman–Crippen LogP) is 0.700. The van der Waals surface area contributed by atoms with Gasteiger partial charge >= 0.3 is 11.8 Å². The van der Waals surface area contributed by atoms with Gasteiger partial charge in [0.05, 0.1) is 0 Å². The number of benzene rings is 1. The second kappa shape index (κ2) is 7.47. The molecule has 6 nitrogen and oxygen atoms in total. The summed E-state index contributed by atoms with van der Waals surface area (Å²) >= 11 is 0. The molecule has 1 N–H and O–H groups in total. The summed E-state index contributed by atoms with van der Waals surface area (Å²) in [4.78, 5) is 39.2. The molecule has 3 amide bonds. The molecule has 0 unspecified atom stereocenters. The SMILES string of the molecule is O=C(NCCCN1CCCC1=O)C(=O)N1CCc2ccccc2C1. The summed E-state index contributed by atoms with van der Waals surface area (Å²) in [7, 11) is 0. The van der Waals surface area contributed by atoms with Crippen molar-refractivity contribution in [3.8, 4) is 0 Å². The van der Waals surface area contributed by atoms with Gasteiger partial charge in [0.25, 0.3) is 0 Å². The second-order valence-corrected chi connectivity index (χ2v) is 6.34. The number of carbonyl (C=O) groups is 3. The van der Waals surface area contributed by atoms with Crippen molar-refractivity contribution in [3.05, 3.63) is 35.4 Å². The lowest BCUT2D eigenvalue weighted by molar-refractivity contribution is -0.146. The van der Waals surface area contributed by atoms with E-state index in [0.717, 1.165) is 24.9 Å². The molecule has 1 aromatic rings. The van der Waals surface area contributed by atoms with Crippen LogP contribution in [0.25, 0.3) is 0 Å². The summed E-state index contributed by atoms with van der Waals surface area (Å²) < 4.78 is 0. The van der Waals surface area contributed by atoms with Crippen LogP contribution in [-0.4, -0.2) is 53.7 Å². The van der Waals surface area contributed by atoms with Crippen LogP contribution in [0.4, 0.5) is 0 Å². The van der Waals surface area contributed by atoms with Gasteiger partial charge in [-0.3, -0.25) is 14.4 Å². The number of hydrogen-bond donors (Lipinski definition) is 1. The minimum Gasteiger partial charge on any atom is -0.348 e. The van der Waals surface area contributed by atoms with Gasteiger partial charge in [0.15, 0.2) is 0 Å². The molecule has 128 valence electrons. The van der Waals surface area contributed by atoms with E-state index in [9.17, 15) is 14.4 Å². The molecule has 2 heterocycles. The summed E-state index contributed by atoms with van der Waals surface area (Å²) in [5.41, 5.74) is 2.36. The number of nitrogens with one attached hydrogen (secondary N) is 1. The Hall–Kier alpha value is -2.37. The average Bonchev–Trinajstić information content (AvgIpc) is 3.02. The second-order valence-electron chi connectivity index (χ2n) is 6.34. The Morgan fingerprint density at radius 1 is 1.08 bits per heavy atom. The molecule has 1 aromatic carbocycles. The summed E-state index contributed by atoms with van der Waals surface area (Å²) in [6, 6.07) is 8.01. The van der Waals surface area contributed by atoms with Gasteiger partial charge in [0, 0.05) is 39.1 Å². The van der Waals surface area contributed by atoms with Crippen molar-refractivity contribution in [2.24, 2.45) is 0 Å². The number of carbonyl (C=O) groups excluding carboxylic acids is 3. The Balaban J connectivity index is 1.42. The van der Waals surface area contributed by atoms with Crippen LogP contribution < -0.4 is 5.32 Å². The number of hydrogen-bond acceptors (Lipinski definition) is 3. The van der Waals surface area contributed by atoms with Crippen LogP contribution in [-0.2, 0) is 27.3 Å². The van der Waals surface area contributed by atoms with E-state index in [-0.39, 0.29) is 5.91 Å². The standard InChI is InChI=1S/C18H23N3O3/c22-16-7-3-10-20(16)11-4-9-19-17(23)18(24)21-12-8-14-5-1-2-6-15(14)13-21/h1-2,5-6H,3-4,7-13H2,(H,19,23). The number of amides is 3. The van der Waals surface area contributed by atoms with Crippen LogP contribution in [0.1, 0.15) is 30.4 Å². The quantitative estimate of drug-likeness (QED) is 0.653. The van der Waals surface area contributed by atoms with Crippen molar-refractivity contribution < 1.29 is 14.4 Å². The molecule has 1 fully saturated rings. The fourth-order valence-electron chi connectivity index (χ4n) is 3.30. The molecule has 0 aromatic heterocycles. The fraction of sp³-hybridized carbons (Fsp3) is 0.500. The molecule has 0 atom stereocenters. The van der Waals surface area contributed by atoms with Crippen LogP contribution in [0, 0.1) is 0 Å². The largest absolute Gasteiger partial charge is 0.348 e. The van der Waals surface area contributed by atoms with Gasteiger partial charge in [-0.25, -0.2) is 0 Å². The number of likely N-dealkylation sites (tertiary alicyclic amines) is 1. The van der Waals surface area contributed by atoms with E-state index < -0.39 is 11.8 Å². The van der Waals surface area contributed by atoms with E-state index in [0.29, 0.717) is 39.0 Å². The molecule has 3 rings (SSSR count). The third-order valence-corrected chi connectivity index (χ3v) is 4.67. The van der Waals surface area contributed by atoms with Crippen LogP contribution in [0.5, 0.6) is 0 Å². The zero-order valence-electron chi connectivity index (χ0n) is 13.8. The highest BCUT2D eigenvalue weighted by Crippen LogP contribution is 2.18. The minimum atomic E-state index is -0.554. The third-order valence-electron chi connectivity index (χ3n) is 4.67. The average molecular weight is 329 g/mol. The molecule has 0 radical (unpaired) electrons. The van der Waals surface area contributed by atoms with Gasteiger partial charge in [-0.1, -0.05) is 24.3 Å². The van der Waals surface area contributed by atoms with Gasteiger partial charge in [-0.05, 0) is 30.4 Å². The maximum absolute atomic E-state index is 12.3. The Bertz CT molecular complexity index is 644. The van der Waals surface area contributed by atoms with Crippen molar-refractivity contribution >= 4 is 17.7 Å². The molecule has 24 heavy (non-hydrogen) atoms. The van der Waals surface area contributed by atoms with Crippen LogP contribution in [0.2, 0.25) is 0 Å². The lowest BCUT2D eigenvalue weighted by atomic mass is 10.00. The lowest BCUT2D eigenvalue weighted by Crippen LogP contribution is -2.45. The molecular weight excluding hydrogens is 306 g/mol. The van der Waals surface area contributed by atoms with E-state index in [1.54, 1.807) is 4.90 Å². The fourth-order valence-corrected chi connectivity index (χ4v) is 3.30. The van der Waals surface area contributed by atoms with Gasteiger partial charge in [0.2, 0.25) is 5.91 Å². The molecule has 0 saturated carbocycles. The van der Waals surface area contributed by atoms with Gasteiger partial charge in [0.1, 0.15) is 0 Å². The summed E-state index contributed by atoms with van der Waals surface area (Å²) in [6.45, 7) is 2.93. The van der Waals surface area contributed by atoms with Crippen molar-refractivity contribution in [3.63, 3.8) is 0 Å². The first-order valence-corrected chi connectivity index (χ1v) is 8.57. The highest BCUT2D eigenvalue weighted by molar-refractivity contribution is 6.35. The van der Waals surface area contributed by atoms with E-state index in [1.807, 2.05) is 23.1 Å².